The summed E-state index contributed by atoms with van der Waals surface area (Å²) in [6, 6.07) is 9.96. The van der Waals surface area contributed by atoms with Gasteiger partial charge >= 0.3 is 0 Å². The molecule has 1 heterocycles. The molecule has 0 unspecified atom stereocenters. The molecule has 0 aliphatic carbocycles. The van der Waals surface area contributed by atoms with E-state index < -0.39 is 0 Å². The van der Waals surface area contributed by atoms with Crippen LogP contribution in [0, 0.1) is 6.92 Å². The molecule has 0 aliphatic rings. The quantitative estimate of drug-likeness (QED) is 0.727. The smallest absolute Gasteiger partial charge is 0.111 e. The van der Waals surface area contributed by atoms with E-state index in [0.717, 1.165) is 31.4 Å². The highest BCUT2D eigenvalue weighted by Gasteiger charge is 2.05. The molecule has 1 aromatic heterocycles. The van der Waals surface area contributed by atoms with Gasteiger partial charge in [0.1, 0.15) is 5.03 Å². The van der Waals surface area contributed by atoms with Gasteiger partial charge in [-0.15, -0.1) is 11.8 Å². The molecule has 2 aromatic rings. The molecule has 0 N–H and O–H groups in total. The van der Waals surface area contributed by atoms with E-state index in [1.54, 1.807) is 11.8 Å². The zero-order valence-corrected chi connectivity index (χ0v) is 12.4. The molecule has 1 aromatic carbocycles. The fourth-order valence-corrected chi connectivity index (χ4v) is 3.35. The van der Waals surface area contributed by atoms with Crippen molar-refractivity contribution in [3.05, 3.63) is 57.2 Å². The second-order valence-electron chi connectivity index (χ2n) is 3.68. The van der Waals surface area contributed by atoms with Gasteiger partial charge in [0.15, 0.2) is 0 Å². The number of rotatable bonds is 3. The first-order valence-electron chi connectivity index (χ1n) is 5.15. The van der Waals surface area contributed by atoms with Gasteiger partial charge in [-0.3, -0.25) is 0 Å². The number of hydrogen-bond donors (Lipinski definition) is 0. The summed E-state index contributed by atoms with van der Waals surface area (Å²) < 4.78 is 1.04. The fraction of sp³-hybridized carbons (Fsp3) is 0.154. The van der Waals surface area contributed by atoms with E-state index in [2.05, 4.69) is 27.0 Å². The zero-order valence-electron chi connectivity index (χ0n) is 9.28. The molecule has 0 bridgehead atoms. The maximum Gasteiger partial charge on any atom is 0.111 e. The van der Waals surface area contributed by atoms with Crippen molar-refractivity contribution in [2.24, 2.45) is 0 Å². The fourth-order valence-electron chi connectivity index (χ4n) is 1.39. The lowest BCUT2D eigenvalue weighted by Crippen LogP contribution is -1.86. The van der Waals surface area contributed by atoms with Crippen molar-refractivity contribution in [2.75, 3.05) is 0 Å². The van der Waals surface area contributed by atoms with Gasteiger partial charge in [-0.25, -0.2) is 4.98 Å². The van der Waals surface area contributed by atoms with Crippen LogP contribution in [0.3, 0.4) is 0 Å². The molecule has 0 radical (unpaired) electrons. The third kappa shape index (κ3) is 3.47. The second-order valence-corrected chi connectivity index (χ2v) is 5.91. The Kier molecular flexibility index (Phi) is 4.48. The van der Waals surface area contributed by atoms with Crippen molar-refractivity contribution in [1.82, 2.24) is 4.98 Å². The lowest BCUT2D eigenvalue weighted by molar-refractivity contribution is 1.08. The summed E-state index contributed by atoms with van der Waals surface area (Å²) in [5, 5.41) is 1.80. The Hall–Kier alpha value is -0.510. The van der Waals surface area contributed by atoms with E-state index in [1.165, 1.54) is 0 Å². The maximum absolute atomic E-state index is 6.11. The minimum Gasteiger partial charge on any atom is -0.248 e. The van der Waals surface area contributed by atoms with Gasteiger partial charge in [0, 0.05) is 17.0 Å². The Labute approximate surface area is 119 Å². The third-order valence-electron chi connectivity index (χ3n) is 2.27. The first-order valence-corrected chi connectivity index (χ1v) is 7.31. The molecule has 0 amide bonds. The minimum absolute atomic E-state index is 0.809. The topological polar surface area (TPSA) is 12.9 Å². The van der Waals surface area contributed by atoms with E-state index >= 15 is 0 Å². The Morgan fingerprint density at radius 2 is 2.12 bits per heavy atom. The van der Waals surface area contributed by atoms with Gasteiger partial charge in [-0.1, -0.05) is 29.8 Å². The minimum atomic E-state index is 0.809. The average molecular weight is 329 g/mol. The summed E-state index contributed by atoms with van der Waals surface area (Å²) in [6.45, 7) is 2.03. The molecule has 2 rings (SSSR count). The first-order chi connectivity index (χ1) is 8.16. The van der Waals surface area contributed by atoms with Crippen LogP contribution in [0.4, 0.5) is 0 Å². The number of benzene rings is 1. The highest BCUT2D eigenvalue weighted by Crippen LogP contribution is 2.30. The van der Waals surface area contributed by atoms with Crippen LogP contribution in [0.5, 0.6) is 0 Å². The number of aryl methyl sites for hydroxylation is 1. The number of aromatic nitrogens is 1. The van der Waals surface area contributed by atoms with Gasteiger partial charge in [0.05, 0.1) is 4.47 Å². The summed E-state index contributed by atoms with van der Waals surface area (Å²) in [5.41, 5.74) is 2.28. The standard InChI is InChI=1S/C13H11BrClNS/c1-9-6-11(14)13(16-7-9)17-8-10-4-2-3-5-12(10)15/h2-7H,8H2,1H3. The zero-order chi connectivity index (χ0) is 12.3. The van der Waals surface area contributed by atoms with Crippen LogP contribution >= 0.6 is 39.3 Å². The SMILES string of the molecule is Cc1cnc(SCc2ccccc2Cl)c(Br)c1. The van der Waals surface area contributed by atoms with Gasteiger partial charge < -0.3 is 0 Å². The molecular formula is C13H11BrClNS. The van der Waals surface area contributed by atoms with Gasteiger partial charge in [0.25, 0.3) is 0 Å². The van der Waals surface area contributed by atoms with Crippen molar-refractivity contribution in [3.63, 3.8) is 0 Å². The number of pyridine rings is 1. The van der Waals surface area contributed by atoms with Crippen molar-refractivity contribution in [2.45, 2.75) is 17.7 Å². The molecule has 0 saturated carbocycles. The molecule has 0 fully saturated rings. The Balaban J connectivity index is 2.10. The van der Waals surface area contributed by atoms with Crippen LogP contribution in [-0.4, -0.2) is 4.98 Å². The predicted octanol–water partition coefficient (Wildman–Crippen LogP) is 5.10. The maximum atomic E-state index is 6.11. The van der Waals surface area contributed by atoms with Crippen molar-refractivity contribution < 1.29 is 0 Å². The Morgan fingerprint density at radius 1 is 1.35 bits per heavy atom. The van der Waals surface area contributed by atoms with Gasteiger partial charge in [-0.2, -0.15) is 0 Å². The molecule has 4 heteroatoms. The van der Waals surface area contributed by atoms with E-state index in [4.69, 9.17) is 11.6 Å². The number of hydrogen-bond acceptors (Lipinski definition) is 2. The van der Waals surface area contributed by atoms with Crippen LogP contribution in [0.1, 0.15) is 11.1 Å². The van der Waals surface area contributed by atoms with Crippen LogP contribution in [0.25, 0.3) is 0 Å². The largest absolute Gasteiger partial charge is 0.248 e. The summed E-state index contributed by atoms with van der Waals surface area (Å²) >= 11 is 11.3. The molecule has 0 atom stereocenters. The predicted molar refractivity (Wildman–Crippen MR) is 77.7 cm³/mol. The summed E-state index contributed by atoms with van der Waals surface area (Å²) in [6.07, 6.45) is 1.87. The second kappa shape index (κ2) is 5.89. The molecular weight excluding hydrogens is 318 g/mol. The highest BCUT2D eigenvalue weighted by atomic mass is 79.9. The number of thioether (sulfide) groups is 1. The Bertz CT molecular complexity index is 531. The first kappa shape index (κ1) is 12.9. The lowest BCUT2D eigenvalue weighted by atomic mass is 10.2. The van der Waals surface area contributed by atoms with Crippen molar-refractivity contribution in [1.29, 1.82) is 0 Å². The van der Waals surface area contributed by atoms with E-state index in [1.807, 2.05) is 37.4 Å². The van der Waals surface area contributed by atoms with Crippen LogP contribution in [-0.2, 0) is 5.75 Å². The molecule has 1 nitrogen and oxygen atoms in total. The highest BCUT2D eigenvalue weighted by molar-refractivity contribution is 9.10. The van der Waals surface area contributed by atoms with Crippen LogP contribution in [0.2, 0.25) is 5.02 Å². The van der Waals surface area contributed by atoms with E-state index in [-0.39, 0.29) is 0 Å². The summed E-state index contributed by atoms with van der Waals surface area (Å²) in [4.78, 5) is 4.40. The molecule has 0 saturated heterocycles. The van der Waals surface area contributed by atoms with Crippen LogP contribution in [0.15, 0.2) is 46.0 Å². The van der Waals surface area contributed by atoms with Crippen molar-refractivity contribution in [3.8, 4) is 0 Å². The number of nitrogens with zero attached hydrogens (tertiary/aromatic N) is 1. The molecule has 0 spiro atoms. The van der Waals surface area contributed by atoms with E-state index in [9.17, 15) is 0 Å². The summed E-state index contributed by atoms with van der Waals surface area (Å²) in [5.74, 6) is 0.828. The van der Waals surface area contributed by atoms with E-state index in [0.29, 0.717) is 0 Å². The normalized spacial score (nSPS) is 10.5. The Morgan fingerprint density at radius 3 is 2.82 bits per heavy atom. The monoisotopic (exact) mass is 327 g/mol. The molecule has 0 aliphatic heterocycles. The van der Waals surface area contributed by atoms with Crippen LogP contribution < -0.4 is 0 Å². The lowest BCUT2D eigenvalue weighted by Gasteiger charge is -2.05. The van der Waals surface area contributed by atoms with Crippen molar-refractivity contribution >= 4 is 39.3 Å². The van der Waals surface area contributed by atoms with Gasteiger partial charge in [-0.05, 0) is 46.1 Å². The average Bonchev–Trinajstić information content (AvgIpc) is 2.30. The molecule has 88 valence electrons. The third-order valence-corrected chi connectivity index (χ3v) is 4.56. The van der Waals surface area contributed by atoms with Gasteiger partial charge in [0.2, 0.25) is 0 Å². The number of halogens is 2. The summed E-state index contributed by atoms with van der Waals surface area (Å²) in [7, 11) is 0. The molecule has 17 heavy (non-hydrogen) atoms.